The Morgan fingerprint density at radius 1 is 1.18 bits per heavy atom. The molecule has 4 bridgehead atoms. The zero-order valence-corrected chi connectivity index (χ0v) is 13.4. The van der Waals surface area contributed by atoms with Crippen molar-refractivity contribution in [3.63, 3.8) is 0 Å². The molecule has 4 nitrogen and oxygen atoms in total. The summed E-state index contributed by atoms with van der Waals surface area (Å²) in [7, 11) is 2.05. The zero-order chi connectivity index (χ0) is 14.9. The van der Waals surface area contributed by atoms with Crippen molar-refractivity contribution >= 4 is 5.91 Å². The van der Waals surface area contributed by atoms with Gasteiger partial charge in [0, 0.05) is 20.0 Å². The summed E-state index contributed by atoms with van der Waals surface area (Å²) >= 11 is 0. The van der Waals surface area contributed by atoms with E-state index < -0.39 is 0 Å². The quantitative estimate of drug-likeness (QED) is 0.799. The molecule has 0 saturated heterocycles. The molecule has 1 aromatic rings. The SMILES string of the molecule is Cn1cnc2c1CN(C(=O)C13CC4CC(CC(C4)C1)C3)CC2. The molecule has 1 amide bonds. The van der Waals surface area contributed by atoms with E-state index in [0.717, 1.165) is 37.3 Å². The number of aryl methyl sites for hydroxylation is 1. The van der Waals surface area contributed by atoms with E-state index in [1.165, 1.54) is 49.9 Å². The number of carbonyl (C=O) groups excluding carboxylic acids is 1. The molecule has 5 aliphatic rings. The molecule has 4 aliphatic carbocycles. The minimum absolute atomic E-state index is 0.00481. The van der Waals surface area contributed by atoms with Crippen LogP contribution in [0.5, 0.6) is 0 Å². The fourth-order valence-corrected chi connectivity index (χ4v) is 6.30. The van der Waals surface area contributed by atoms with Crippen LogP contribution in [0.2, 0.25) is 0 Å². The molecule has 1 aliphatic heterocycles. The van der Waals surface area contributed by atoms with Crippen LogP contribution in [0.4, 0.5) is 0 Å². The Bertz CT molecular complexity index is 597. The maximum absolute atomic E-state index is 13.4. The molecule has 4 heteroatoms. The van der Waals surface area contributed by atoms with Crippen molar-refractivity contribution < 1.29 is 4.79 Å². The largest absolute Gasteiger partial charge is 0.336 e. The number of imidazole rings is 1. The Hall–Kier alpha value is -1.32. The maximum atomic E-state index is 13.4. The zero-order valence-electron chi connectivity index (χ0n) is 13.4. The van der Waals surface area contributed by atoms with Crippen molar-refractivity contribution in [2.24, 2.45) is 30.2 Å². The van der Waals surface area contributed by atoms with Gasteiger partial charge in [-0.15, -0.1) is 0 Å². The van der Waals surface area contributed by atoms with E-state index in [1.807, 2.05) is 13.4 Å². The second kappa shape index (κ2) is 4.36. The summed E-state index contributed by atoms with van der Waals surface area (Å²) in [5.41, 5.74) is 2.44. The topological polar surface area (TPSA) is 38.1 Å². The van der Waals surface area contributed by atoms with Crippen molar-refractivity contribution in [1.82, 2.24) is 14.5 Å². The Balaban J connectivity index is 1.42. The van der Waals surface area contributed by atoms with Gasteiger partial charge in [0.05, 0.1) is 29.7 Å². The van der Waals surface area contributed by atoms with Gasteiger partial charge in [-0.05, 0) is 56.3 Å². The smallest absolute Gasteiger partial charge is 0.229 e. The molecule has 118 valence electrons. The van der Waals surface area contributed by atoms with E-state index in [1.54, 1.807) is 0 Å². The summed E-state index contributed by atoms with van der Waals surface area (Å²) in [6, 6.07) is 0. The summed E-state index contributed by atoms with van der Waals surface area (Å²) in [6.45, 7) is 1.64. The third kappa shape index (κ3) is 1.76. The van der Waals surface area contributed by atoms with Gasteiger partial charge in [0.15, 0.2) is 0 Å². The first-order valence-corrected chi connectivity index (χ1v) is 8.91. The molecule has 1 aromatic heterocycles. The molecule has 0 unspecified atom stereocenters. The summed E-state index contributed by atoms with van der Waals surface area (Å²) in [4.78, 5) is 20.0. The van der Waals surface area contributed by atoms with Gasteiger partial charge in [0.1, 0.15) is 0 Å². The van der Waals surface area contributed by atoms with Crippen LogP contribution in [-0.2, 0) is 24.8 Å². The highest BCUT2D eigenvalue weighted by atomic mass is 16.2. The summed E-state index contributed by atoms with van der Waals surface area (Å²) < 4.78 is 2.09. The molecule has 2 heterocycles. The van der Waals surface area contributed by atoms with Gasteiger partial charge in [-0.3, -0.25) is 4.79 Å². The van der Waals surface area contributed by atoms with E-state index in [9.17, 15) is 4.79 Å². The predicted molar refractivity (Wildman–Crippen MR) is 82.9 cm³/mol. The maximum Gasteiger partial charge on any atom is 0.229 e. The monoisotopic (exact) mass is 299 g/mol. The number of nitrogens with zero attached hydrogens (tertiary/aromatic N) is 3. The Morgan fingerprint density at radius 2 is 1.82 bits per heavy atom. The minimum atomic E-state index is 0.00481. The van der Waals surface area contributed by atoms with Crippen LogP contribution in [0.3, 0.4) is 0 Å². The van der Waals surface area contributed by atoms with Crippen LogP contribution in [0, 0.1) is 23.2 Å². The van der Waals surface area contributed by atoms with Crippen LogP contribution in [0.15, 0.2) is 6.33 Å². The molecule has 0 spiro atoms. The first kappa shape index (κ1) is 13.1. The number of fused-ring (bicyclic) bond motifs is 1. The van der Waals surface area contributed by atoms with Crippen molar-refractivity contribution in [2.45, 2.75) is 51.5 Å². The normalized spacial score (nSPS) is 39.1. The van der Waals surface area contributed by atoms with E-state index in [0.29, 0.717) is 5.91 Å². The van der Waals surface area contributed by atoms with E-state index in [4.69, 9.17) is 0 Å². The molecule has 0 N–H and O–H groups in total. The number of hydrogen-bond donors (Lipinski definition) is 0. The van der Waals surface area contributed by atoms with Crippen molar-refractivity contribution in [2.75, 3.05) is 6.54 Å². The standard InChI is InChI=1S/C18H25N3O/c1-20-11-19-15-2-3-21(10-16(15)20)17(22)18-7-12-4-13(8-18)6-14(5-12)9-18/h11-14H,2-10H2,1H3. The highest BCUT2D eigenvalue weighted by molar-refractivity contribution is 5.83. The van der Waals surface area contributed by atoms with E-state index in [-0.39, 0.29) is 5.41 Å². The van der Waals surface area contributed by atoms with Crippen LogP contribution in [0.25, 0.3) is 0 Å². The first-order chi connectivity index (χ1) is 10.6. The first-order valence-electron chi connectivity index (χ1n) is 8.91. The highest BCUT2D eigenvalue weighted by Crippen LogP contribution is 2.60. The van der Waals surface area contributed by atoms with Crippen LogP contribution >= 0.6 is 0 Å². The Kier molecular flexibility index (Phi) is 2.61. The van der Waals surface area contributed by atoms with Crippen molar-refractivity contribution in [3.8, 4) is 0 Å². The van der Waals surface area contributed by atoms with Gasteiger partial charge in [0.2, 0.25) is 5.91 Å². The van der Waals surface area contributed by atoms with Gasteiger partial charge in [0.25, 0.3) is 0 Å². The lowest BCUT2D eigenvalue weighted by Crippen LogP contribution is -2.55. The van der Waals surface area contributed by atoms with Gasteiger partial charge in [-0.25, -0.2) is 4.98 Å². The molecule has 0 radical (unpaired) electrons. The van der Waals surface area contributed by atoms with E-state index >= 15 is 0 Å². The van der Waals surface area contributed by atoms with Gasteiger partial charge < -0.3 is 9.47 Å². The number of amides is 1. The lowest BCUT2D eigenvalue weighted by atomic mass is 9.49. The third-order valence-electron chi connectivity index (χ3n) is 6.88. The van der Waals surface area contributed by atoms with Crippen LogP contribution in [-0.4, -0.2) is 26.9 Å². The molecular weight excluding hydrogens is 274 g/mol. The Morgan fingerprint density at radius 3 is 2.45 bits per heavy atom. The third-order valence-corrected chi connectivity index (χ3v) is 6.88. The minimum Gasteiger partial charge on any atom is -0.336 e. The molecule has 0 atom stereocenters. The number of carbonyl (C=O) groups is 1. The number of aromatic nitrogens is 2. The van der Waals surface area contributed by atoms with Crippen LogP contribution < -0.4 is 0 Å². The fourth-order valence-electron chi connectivity index (χ4n) is 6.30. The molecule has 0 aromatic carbocycles. The molecule has 4 fully saturated rings. The van der Waals surface area contributed by atoms with Crippen LogP contribution in [0.1, 0.15) is 49.9 Å². The summed E-state index contributed by atoms with van der Waals surface area (Å²) in [5, 5.41) is 0. The Labute approximate surface area is 131 Å². The van der Waals surface area contributed by atoms with Crippen molar-refractivity contribution in [1.29, 1.82) is 0 Å². The number of rotatable bonds is 1. The van der Waals surface area contributed by atoms with Gasteiger partial charge >= 0.3 is 0 Å². The second-order valence-electron chi connectivity index (χ2n) is 8.42. The number of hydrogen-bond acceptors (Lipinski definition) is 2. The summed E-state index contributed by atoms with van der Waals surface area (Å²) in [5.74, 6) is 2.99. The molecule has 4 saturated carbocycles. The summed E-state index contributed by atoms with van der Waals surface area (Å²) in [6.07, 6.45) is 10.5. The lowest BCUT2D eigenvalue weighted by molar-refractivity contribution is -0.158. The molecule has 22 heavy (non-hydrogen) atoms. The fraction of sp³-hybridized carbons (Fsp3) is 0.778. The van der Waals surface area contributed by atoms with Gasteiger partial charge in [-0.1, -0.05) is 0 Å². The predicted octanol–water partition coefficient (Wildman–Crippen LogP) is 2.52. The molecular formula is C18H25N3O. The average molecular weight is 299 g/mol. The van der Waals surface area contributed by atoms with Gasteiger partial charge in [-0.2, -0.15) is 0 Å². The average Bonchev–Trinajstić information content (AvgIpc) is 2.86. The highest BCUT2D eigenvalue weighted by Gasteiger charge is 2.55. The second-order valence-corrected chi connectivity index (χ2v) is 8.42. The van der Waals surface area contributed by atoms with E-state index in [2.05, 4.69) is 14.5 Å². The van der Waals surface area contributed by atoms with Crippen molar-refractivity contribution in [3.05, 3.63) is 17.7 Å². The molecule has 6 rings (SSSR count). The lowest BCUT2D eigenvalue weighted by Gasteiger charge is -2.56.